The lowest BCUT2D eigenvalue weighted by Crippen LogP contribution is -2.29. The molecule has 9 heteroatoms. The minimum Gasteiger partial charge on any atom is -0.484 e. The van der Waals surface area contributed by atoms with E-state index in [2.05, 4.69) is 32.1 Å². The van der Waals surface area contributed by atoms with Crippen LogP contribution in [-0.2, 0) is 23.1 Å². The SMILES string of the molecule is Cc1cc(C)cc(OCc2nc(CCN(C)S(=O)(=O)c3ccc(Br)cc3)no2)c1. The fourth-order valence-electron chi connectivity index (χ4n) is 2.78. The average Bonchev–Trinajstić information content (AvgIpc) is 3.12. The third-order valence-electron chi connectivity index (χ3n) is 4.24. The van der Waals surface area contributed by atoms with Gasteiger partial charge in [-0.1, -0.05) is 27.2 Å². The van der Waals surface area contributed by atoms with Crippen molar-refractivity contribution in [2.45, 2.75) is 31.8 Å². The monoisotopic (exact) mass is 479 g/mol. The summed E-state index contributed by atoms with van der Waals surface area (Å²) in [6.07, 6.45) is 0.333. The molecule has 0 amide bonds. The second-order valence-electron chi connectivity index (χ2n) is 6.75. The number of likely N-dealkylation sites (N-methyl/N-ethyl adjacent to an activating group) is 1. The van der Waals surface area contributed by atoms with Gasteiger partial charge in [-0.2, -0.15) is 4.98 Å². The third kappa shape index (κ3) is 5.65. The molecule has 7 nitrogen and oxygen atoms in total. The van der Waals surface area contributed by atoms with E-state index in [9.17, 15) is 8.42 Å². The van der Waals surface area contributed by atoms with E-state index < -0.39 is 10.0 Å². The van der Waals surface area contributed by atoms with Crippen molar-refractivity contribution in [1.82, 2.24) is 14.4 Å². The van der Waals surface area contributed by atoms with E-state index in [1.54, 1.807) is 24.3 Å². The molecule has 0 aliphatic carbocycles. The highest BCUT2D eigenvalue weighted by Gasteiger charge is 2.21. The van der Waals surface area contributed by atoms with Gasteiger partial charge in [-0.15, -0.1) is 0 Å². The topological polar surface area (TPSA) is 85.5 Å². The Hall–Kier alpha value is -2.23. The highest BCUT2D eigenvalue weighted by atomic mass is 79.9. The smallest absolute Gasteiger partial charge is 0.264 e. The first-order chi connectivity index (χ1) is 13.7. The first-order valence-electron chi connectivity index (χ1n) is 8.98. The maximum Gasteiger partial charge on any atom is 0.264 e. The van der Waals surface area contributed by atoms with Crippen molar-refractivity contribution in [3.63, 3.8) is 0 Å². The lowest BCUT2D eigenvalue weighted by Gasteiger charge is -2.16. The first kappa shape index (κ1) is 21.5. The normalized spacial score (nSPS) is 11.8. The molecule has 2 aromatic carbocycles. The number of ether oxygens (including phenoxy) is 1. The van der Waals surface area contributed by atoms with Crippen LogP contribution in [0.2, 0.25) is 0 Å². The molecule has 3 aromatic rings. The fourth-order valence-corrected chi connectivity index (χ4v) is 4.21. The molecular weight excluding hydrogens is 458 g/mol. The zero-order valence-electron chi connectivity index (χ0n) is 16.4. The van der Waals surface area contributed by atoms with Gasteiger partial charge >= 0.3 is 0 Å². The second-order valence-corrected chi connectivity index (χ2v) is 9.71. The van der Waals surface area contributed by atoms with E-state index in [0.717, 1.165) is 21.3 Å². The number of benzene rings is 2. The highest BCUT2D eigenvalue weighted by molar-refractivity contribution is 9.10. The molecule has 0 N–H and O–H groups in total. The molecular formula is C20H22BrN3O4S. The molecule has 0 radical (unpaired) electrons. The molecule has 0 bridgehead atoms. The van der Waals surface area contributed by atoms with E-state index in [1.165, 1.54) is 11.4 Å². The summed E-state index contributed by atoms with van der Waals surface area (Å²) in [5.41, 5.74) is 2.22. The Labute approximate surface area is 178 Å². The fraction of sp³-hybridized carbons (Fsp3) is 0.300. The van der Waals surface area contributed by atoms with Crippen molar-refractivity contribution < 1.29 is 17.7 Å². The lowest BCUT2D eigenvalue weighted by molar-refractivity contribution is 0.242. The quantitative estimate of drug-likeness (QED) is 0.487. The average molecular weight is 480 g/mol. The molecule has 0 unspecified atom stereocenters. The first-order valence-corrected chi connectivity index (χ1v) is 11.2. The Bertz CT molecular complexity index is 1060. The van der Waals surface area contributed by atoms with Crippen LogP contribution in [0, 0.1) is 13.8 Å². The van der Waals surface area contributed by atoms with E-state index in [4.69, 9.17) is 9.26 Å². The zero-order chi connectivity index (χ0) is 21.0. The number of hydrogen-bond donors (Lipinski definition) is 0. The van der Waals surface area contributed by atoms with Crippen LogP contribution in [0.1, 0.15) is 22.8 Å². The summed E-state index contributed by atoms with van der Waals surface area (Å²) in [7, 11) is -2.04. The number of hydrogen-bond acceptors (Lipinski definition) is 6. The molecule has 3 rings (SSSR count). The van der Waals surface area contributed by atoms with Gasteiger partial charge in [0, 0.05) is 24.5 Å². The number of rotatable bonds is 8. The van der Waals surface area contributed by atoms with Crippen molar-refractivity contribution >= 4 is 26.0 Å². The third-order valence-corrected chi connectivity index (χ3v) is 6.64. The van der Waals surface area contributed by atoms with Crippen LogP contribution in [0.4, 0.5) is 0 Å². The summed E-state index contributed by atoms with van der Waals surface area (Å²) in [6, 6.07) is 12.5. The van der Waals surface area contributed by atoms with Gasteiger partial charge in [-0.3, -0.25) is 0 Å². The molecule has 154 valence electrons. The largest absolute Gasteiger partial charge is 0.484 e. The molecule has 0 spiro atoms. The summed E-state index contributed by atoms with van der Waals surface area (Å²) in [5.74, 6) is 1.52. The Kier molecular flexibility index (Phi) is 6.71. The maximum atomic E-state index is 12.6. The molecule has 0 atom stereocenters. The molecule has 1 aromatic heterocycles. The summed E-state index contributed by atoms with van der Waals surface area (Å²) in [4.78, 5) is 4.51. The molecule has 0 fully saturated rings. The van der Waals surface area contributed by atoms with Crippen molar-refractivity contribution in [2.75, 3.05) is 13.6 Å². The molecule has 29 heavy (non-hydrogen) atoms. The summed E-state index contributed by atoms with van der Waals surface area (Å²) >= 11 is 3.30. The van der Waals surface area contributed by atoms with Gasteiger partial charge in [0.15, 0.2) is 12.4 Å². The van der Waals surface area contributed by atoms with Crippen molar-refractivity contribution in [3.8, 4) is 5.75 Å². The minimum atomic E-state index is -3.57. The van der Waals surface area contributed by atoms with Crippen LogP contribution in [0.5, 0.6) is 5.75 Å². The van der Waals surface area contributed by atoms with Crippen LogP contribution in [0.3, 0.4) is 0 Å². The Balaban J connectivity index is 1.56. The number of halogens is 1. The van der Waals surface area contributed by atoms with E-state index in [0.29, 0.717) is 18.1 Å². The molecule has 0 aliphatic rings. The standard InChI is InChI=1S/C20H22BrN3O4S/c1-14-10-15(2)12-17(11-14)27-13-20-22-19(23-28-20)8-9-24(3)29(25,26)18-6-4-16(21)5-7-18/h4-7,10-12H,8-9,13H2,1-3H3. The maximum absolute atomic E-state index is 12.6. The van der Waals surface area contributed by atoms with Crippen LogP contribution < -0.4 is 4.74 Å². The van der Waals surface area contributed by atoms with Gasteiger partial charge in [0.25, 0.3) is 5.89 Å². The van der Waals surface area contributed by atoms with E-state index in [-0.39, 0.29) is 18.0 Å². The van der Waals surface area contributed by atoms with Crippen molar-refractivity contribution in [3.05, 3.63) is 69.8 Å². The zero-order valence-corrected chi connectivity index (χ0v) is 18.8. The molecule has 1 heterocycles. The van der Waals surface area contributed by atoms with Crippen LogP contribution in [0.15, 0.2) is 56.4 Å². The van der Waals surface area contributed by atoms with Gasteiger partial charge in [-0.25, -0.2) is 12.7 Å². The summed E-state index contributed by atoms with van der Waals surface area (Å²) < 4.78 is 38.2. The predicted octanol–water partition coefficient (Wildman–Crippen LogP) is 3.89. The van der Waals surface area contributed by atoms with Crippen molar-refractivity contribution in [2.24, 2.45) is 0 Å². The van der Waals surface area contributed by atoms with Crippen LogP contribution >= 0.6 is 15.9 Å². The number of sulfonamides is 1. The minimum absolute atomic E-state index is 0.156. The van der Waals surface area contributed by atoms with Gasteiger partial charge in [-0.05, 0) is 61.4 Å². The number of aromatic nitrogens is 2. The Morgan fingerprint density at radius 3 is 2.41 bits per heavy atom. The number of nitrogens with zero attached hydrogens (tertiary/aromatic N) is 3. The second kappa shape index (κ2) is 9.06. The van der Waals surface area contributed by atoms with Gasteiger partial charge in [0.1, 0.15) is 5.75 Å². The molecule has 0 aliphatic heterocycles. The van der Waals surface area contributed by atoms with Crippen LogP contribution in [-0.4, -0.2) is 36.5 Å². The van der Waals surface area contributed by atoms with Gasteiger partial charge < -0.3 is 9.26 Å². The number of aryl methyl sites for hydroxylation is 2. The molecule has 0 saturated carbocycles. The highest BCUT2D eigenvalue weighted by Crippen LogP contribution is 2.19. The Morgan fingerprint density at radius 1 is 1.10 bits per heavy atom. The Morgan fingerprint density at radius 2 is 1.76 bits per heavy atom. The van der Waals surface area contributed by atoms with Crippen LogP contribution in [0.25, 0.3) is 0 Å². The summed E-state index contributed by atoms with van der Waals surface area (Å²) in [5, 5.41) is 3.91. The van der Waals surface area contributed by atoms with E-state index >= 15 is 0 Å². The van der Waals surface area contributed by atoms with Crippen molar-refractivity contribution in [1.29, 1.82) is 0 Å². The molecule has 0 saturated heterocycles. The predicted molar refractivity (Wildman–Crippen MR) is 112 cm³/mol. The lowest BCUT2D eigenvalue weighted by atomic mass is 10.1. The van der Waals surface area contributed by atoms with E-state index in [1.807, 2.05) is 26.0 Å². The van der Waals surface area contributed by atoms with Gasteiger partial charge in [0.05, 0.1) is 4.90 Å². The van der Waals surface area contributed by atoms with Gasteiger partial charge in [0.2, 0.25) is 10.0 Å². The summed E-state index contributed by atoms with van der Waals surface area (Å²) in [6.45, 7) is 4.39.